The van der Waals surface area contributed by atoms with Crippen LogP contribution in [0.2, 0.25) is 0 Å². The van der Waals surface area contributed by atoms with Gasteiger partial charge >= 0.3 is 29.6 Å². The average Bonchev–Trinajstić information content (AvgIpc) is 3.31. The zero-order chi connectivity index (χ0) is 22.6. The molecule has 0 fully saturated rings. The number of carboxylic acids is 1. The minimum Gasteiger partial charge on any atom is -0.545 e. The van der Waals surface area contributed by atoms with Crippen LogP contribution in [0.15, 0.2) is 95.4 Å². The summed E-state index contributed by atoms with van der Waals surface area (Å²) in [5.41, 5.74) is 5.30. The Morgan fingerprint density at radius 2 is 1.56 bits per heavy atom. The molecule has 1 aromatic heterocycles. The first-order valence-electron chi connectivity index (χ1n) is 11.3. The van der Waals surface area contributed by atoms with E-state index in [1.807, 2.05) is 60.7 Å². The van der Waals surface area contributed by atoms with Gasteiger partial charge in [0.1, 0.15) is 5.69 Å². The number of nitrogens with zero attached hydrogens (tertiary/aromatic N) is 1. The number of carboxylic acid groups (broad SMARTS) is 1. The van der Waals surface area contributed by atoms with E-state index in [0.717, 1.165) is 59.4 Å². The van der Waals surface area contributed by atoms with Crippen molar-refractivity contribution < 1.29 is 43.9 Å². The summed E-state index contributed by atoms with van der Waals surface area (Å²) in [5.74, 6) is 0.559. The van der Waals surface area contributed by atoms with Gasteiger partial charge in [-0.15, -0.1) is 0 Å². The van der Waals surface area contributed by atoms with E-state index in [1.54, 1.807) is 12.1 Å². The summed E-state index contributed by atoms with van der Waals surface area (Å²) in [5, 5.41) is 11.1. The maximum atomic E-state index is 11.1. The van der Waals surface area contributed by atoms with E-state index in [2.05, 4.69) is 18.2 Å². The quantitative estimate of drug-likeness (QED) is 0.418. The molecule has 4 aromatic rings. The van der Waals surface area contributed by atoms with Crippen LogP contribution in [0.3, 0.4) is 0 Å². The van der Waals surface area contributed by atoms with Gasteiger partial charge in [0, 0.05) is 16.7 Å². The molecule has 1 aliphatic rings. The molecular formula is C29H24NNaO3. The van der Waals surface area contributed by atoms with Crippen LogP contribution < -0.4 is 34.7 Å². The van der Waals surface area contributed by atoms with Crippen molar-refractivity contribution in [2.45, 2.75) is 25.7 Å². The molecule has 1 aliphatic carbocycles. The normalized spacial score (nSPS) is 15.3. The van der Waals surface area contributed by atoms with Crippen molar-refractivity contribution >= 4 is 11.5 Å². The van der Waals surface area contributed by atoms with E-state index < -0.39 is 5.97 Å². The van der Waals surface area contributed by atoms with Gasteiger partial charge in [-0.3, -0.25) is 0 Å². The molecule has 4 nitrogen and oxygen atoms in total. The molecular weight excluding hydrogens is 433 g/mol. The van der Waals surface area contributed by atoms with E-state index in [0.29, 0.717) is 5.89 Å². The summed E-state index contributed by atoms with van der Waals surface area (Å²) in [6.45, 7) is 0. The van der Waals surface area contributed by atoms with Crippen LogP contribution in [0.5, 0.6) is 0 Å². The molecule has 0 bridgehead atoms. The fraction of sp³-hybridized carbons (Fsp3) is 0.172. The summed E-state index contributed by atoms with van der Waals surface area (Å²) in [7, 11) is 0. The molecule has 3 aromatic carbocycles. The van der Waals surface area contributed by atoms with E-state index in [1.165, 1.54) is 0 Å². The third kappa shape index (κ3) is 5.25. The predicted molar refractivity (Wildman–Crippen MR) is 127 cm³/mol. The SMILES string of the molecule is O=C([O-])c1ccc(C[C@@H]2CCCC=C2c2nc(-c3ccccc3)c(-c3ccccc3)o2)cc1.[Na+]. The monoisotopic (exact) mass is 457 g/mol. The summed E-state index contributed by atoms with van der Waals surface area (Å²) in [4.78, 5) is 16.1. The number of carbonyl (C=O) groups excluding carboxylic acids is 1. The molecule has 5 rings (SSSR count). The van der Waals surface area contributed by atoms with Crippen LogP contribution in [0.4, 0.5) is 0 Å². The van der Waals surface area contributed by atoms with Gasteiger partial charge in [0.05, 0.1) is 5.97 Å². The minimum atomic E-state index is -1.15. The Bertz CT molecular complexity index is 1220. The smallest absolute Gasteiger partial charge is 0.545 e. The van der Waals surface area contributed by atoms with E-state index in [9.17, 15) is 9.90 Å². The standard InChI is InChI=1S/C29H25NO3.Na/c31-29(32)23-17-15-20(16-18-23)19-24-13-7-8-14-25(24)28-30-26(21-9-3-1-4-10-21)27(33-28)22-11-5-2-6-12-22;/h1-6,9-12,14-18,24H,7-8,13,19H2,(H,31,32);/q;+1/p-1/t24-;/m0./s1. The molecule has 0 saturated heterocycles. The van der Waals surface area contributed by atoms with Gasteiger partial charge in [0.25, 0.3) is 0 Å². The fourth-order valence-electron chi connectivity index (χ4n) is 4.50. The zero-order valence-corrected chi connectivity index (χ0v) is 21.2. The number of benzene rings is 3. The zero-order valence-electron chi connectivity index (χ0n) is 19.2. The Labute approximate surface area is 221 Å². The van der Waals surface area contributed by atoms with Crippen molar-refractivity contribution in [1.82, 2.24) is 4.98 Å². The second-order valence-electron chi connectivity index (χ2n) is 8.40. The van der Waals surface area contributed by atoms with Crippen molar-refractivity contribution in [3.63, 3.8) is 0 Å². The van der Waals surface area contributed by atoms with Gasteiger partial charge in [-0.1, -0.05) is 91.0 Å². The van der Waals surface area contributed by atoms with Gasteiger partial charge in [0.15, 0.2) is 5.76 Å². The van der Waals surface area contributed by atoms with Gasteiger partial charge in [-0.05, 0) is 42.7 Å². The van der Waals surface area contributed by atoms with Crippen LogP contribution in [-0.2, 0) is 6.42 Å². The van der Waals surface area contributed by atoms with Crippen molar-refractivity contribution in [2.75, 3.05) is 0 Å². The van der Waals surface area contributed by atoms with Crippen LogP contribution >= 0.6 is 0 Å². The van der Waals surface area contributed by atoms with Crippen LogP contribution in [-0.4, -0.2) is 11.0 Å². The number of aromatic nitrogens is 1. The van der Waals surface area contributed by atoms with Crippen molar-refractivity contribution in [2.24, 2.45) is 5.92 Å². The van der Waals surface area contributed by atoms with Crippen molar-refractivity contribution in [3.05, 3.63) is 108 Å². The average molecular weight is 458 g/mol. The summed E-state index contributed by atoms with van der Waals surface area (Å²) in [6.07, 6.45) is 6.21. The van der Waals surface area contributed by atoms with Crippen molar-refractivity contribution in [3.8, 4) is 22.6 Å². The van der Waals surface area contributed by atoms with Gasteiger partial charge in [-0.25, -0.2) is 4.98 Å². The van der Waals surface area contributed by atoms with E-state index in [-0.39, 0.29) is 41.0 Å². The first-order chi connectivity index (χ1) is 16.2. The van der Waals surface area contributed by atoms with Crippen LogP contribution in [0, 0.1) is 5.92 Å². The first kappa shape index (κ1) is 24.2. The largest absolute Gasteiger partial charge is 1.00 e. The molecule has 1 atom stereocenters. The molecule has 164 valence electrons. The molecule has 0 spiro atoms. The maximum absolute atomic E-state index is 11.1. The van der Waals surface area contributed by atoms with Gasteiger partial charge in [0.2, 0.25) is 5.89 Å². The first-order valence-corrected chi connectivity index (χ1v) is 11.3. The molecule has 34 heavy (non-hydrogen) atoms. The van der Waals surface area contributed by atoms with Crippen LogP contribution in [0.1, 0.15) is 41.1 Å². The molecule has 0 saturated carbocycles. The van der Waals surface area contributed by atoms with Gasteiger partial charge < -0.3 is 14.3 Å². The Balaban J connectivity index is 0.00000274. The summed E-state index contributed by atoms with van der Waals surface area (Å²) < 4.78 is 6.45. The number of allylic oxidation sites excluding steroid dienone is 2. The second kappa shape index (κ2) is 11.0. The Morgan fingerprint density at radius 1 is 0.912 bits per heavy atom. The van der Waals surface area contributed by atoms with E-state index in [4.69, 9.17) is 9.40 Å². The fourth-order valence-corrected chi connectivity index (χ4v) is 4.50. The summed E-state index contributed by atoms with van der Waals surface area (Å²) >= 11 is 0. The maximum Gasteiger partial charge on any atom is 1.00 e. The molecule has 1 heterocycles. The topological polar surface area (TPSA) is 66.2 Å². The number of hydrogen-bond donors (Lipinski definition) is 0. The number of carbonyl (C=O) groups is 1. The van der Waals surface area contributed by atoms with E-state index >= 15 is 0 Å². The third-order valence-corrected chi connectivity index (χ3v) is 6.19. The minimum absolute atomic E-state index is 0. The second-order valence-corrected chi connectivity index (χ2v) is 8.40. The summed E-state index contributed by atoms with van der Waals surface area (Å²) in [6, 6.07) is 27.2. The Hall–Kier alpha value is -2.92. The third-order valence-electron chi connectivity index (χ3n) is 6.19. The van der Waals surface area contributed by atoms with Crippen molar-refractivity contribution in [1.29, 1.82) is 0 Å². The van der Waals surface area contributed by atoms with Crippen LogP contribution in [0.25, 0.3) is 28.2 Å². The Morgan fingerprint density at radius 3 is 2.21 bits per heavy atom. The predicted octanol–water partition coefficient (Wildman–Crippen LogP) is 2.80. The molecule has 5 heteroatoms. The molecule has 0 aliphatic heterocycles. The van der Waals surface area contributed by atoms with Gasteiger partial charge in [-0.2, -0.15) is 0 Å². The number of oxazole rings is 1. The number of rotatable bonds is 6. The number of aromatic carboxylic acids is 1. The number of hydrogen-bond acceptors (Lipinski definition) is 4. The molecule has 0 N–H and O–H groups in total. The molecule has 0 amide bonds. The molecule has 0 unspecified atom stereocenters. The Kier molecular flexibility index (Phi) is 7.84. The molecule has 0 radical (unpaired) electrons.